The first kappa shape index (κ1) is 16.5. The Morgan fingerprint density at radius 3 is 2.67 bits per heavy atom. The standard InChI is InChI=1S/C16H25N3S2/c1-16(2,3)14-13(11-17-4)21-15(18-14)19(5)9-8-12-7-6-10-20-12/h6-7,10,17H,8-9,11H2,1-5H3. The van der Waals surface area contributed by atoms with Crippen molar-refractivity contribution in [1.82, 2.24) is 10.3 Å². The zero-order valence-electron chi connectivity index (χ0n) is 13.6. The van der Waals surface area contributed by atoms with E-state index in [-0.39, 0.29) is 5.41 Å². The summed E-state index contributed by atoms with van der Waals surface area (Å²) in [5, 5.41) is 6.52. The molecule has 1 N–H and O–H groups in total. The summed E-state index contributed by atoms with van der Waals surface area (Å²) in [6, 6.07) is 4.32. The van der Waals surface area contributed by atoms with Crippen LogP contribution < -0.4 is 10.2 Å². The van der Waals surface area contributed by atoms with Crippen LogP contribution in [-0.4, -0.2) is 25.6 Å². The molecule has 2 rings (SSSR count). The lowest BCUT2D eigenvalue weighted by atomic mass is 9.91. The van der Waals surface area contributed by atoms with Crippen LogP contribution in [0.3, 0.4) is 0 Å². The van der Waals surface area contributed by atoms with Gasteiger partial charge in [-0.2, -0.15) is 0 Å². The lowest BCUT2D eigenvalue weighted by molar-refractivity contribution is 0.563. The van der Waals surface area contributed by atoms with Gasteiger partial charge in [0.1, 0.15) is 0 Å². The average Bonchev–Trinajstić information content (AvgIpc) is 3.04. The molecular formula is C16H25N3S2. The summed E-state index contributed by atoms with van der Waals surface area (Å²) in [7, 11) is 4.13. The number of aromatic nitrogens is 1. The number of rotatable bonds is 6. The Hall–Kier alpha value is -0.910. The second-order valence-electron chi connectivity index (χ2n) is 6.30. The Kier molecular flexibility index (Phi) is 5.41. The first-order valence-corrected chi connectivity index (χ1v) is 8.99. The maximum Gasteiger partial charge on any atom is 0.185 e. The largest absolute Gasteiger partial charge is 0.351 e. The van der Waals surface area contributed by atoms with E-state index in [2.05, 4.69) is 55.5 Å². The summed E-state index contributed by atoms with van der Waals surface area (Å²) in [6.07, 6.45) is 1.08. The summed E-state index contributed by atoms with van der Waals surface area (Å²) >= 11 is 3.64. The predicted octanol–water partition coefficient (Wildman–Crippen LogP) is 3.90. The number of hydrogen-bond acceptors (Lipinski definition) is 5. The molecule has 0 aliphatic rings. The normalized spacial score (nSPS) is 11.9. The van der Waals surface area contributed by atoms with Crippen molar-refractivity contribution in [2.45, 2.75) is 39.2 Å². The molecule has 0 saturated heterocycles. The van der Waals surface area contributed by atoms with E-state index in [1.165, 1.54) is 15.4 Å². The van der Waals surface area contributed by atoms with Crippen molar-refractivity contribution >= 4 is 27.8 Å². The van der Waals surface area contributed by atoms with Gasteiger partial charge in [-0.05, 0) is 24.9 Å². The number of nitrogens with one attached hydrogen (secondary N) is 1. The fourth-order valence-corrected chi connectivity index (χ4v) is 4.16. The molecule has 0 spiro atoms. The van der Waals surface area contributed by atoms with Crippen molar-refractivity contribution in [2.24, 2.45) is 0 Å². The van der Waals surface area contributed by atoms with Crippen LogP contribution in [0, 0.1) is 0 Å². The monoisotopic (exact) mass is 323 g/mol. The van der Waals surface area contributed by atoms with E-state index in [1.54, 1.807) is 0 Å². The Bertz CT molecular complexity index is 553. The van der Waals surface area contributed by atoms with Crippen molar-refractivity contribution in [3.63, 3.8) is 0 Å². The lowest BCUT2D eigenvalue weighted by Gasteiger charge is -2.18. The van der Waals surface area contributed by atoms with Crippen LogP contribution in [0.2, 0.25) is 0 Å². The molecule has 0 fully saturated rings. The number of hydrogen-bond donors (Lipinski definition) is 1. The molecule has 2 aromatic rings. The van der Waals surface area contributed by atoms with Crippen molar-refractivity contribution in [2.75, 3.05) is 25.5 Å². The molecule has 116 valence electrons. The SMILES string of the molecule is CNCc1sc(N(C)CCc2cccs2)nc1C(C)(C)C. The molecule has 21 heavy (non-hydrogen) atoms. The third kappa shape index (κ3) is 4.28. The lowest BCUT2D eigenvalue weighted by Crippen LogP contribution is -2.20. The molecule has 0 radical (unpaired) electrons. The van der Waals surface area contributed by atoms with Gasteiger partial charge in [0, 0.05) is 35.3 Å². The molecule has 0 atom stereocenters. The smallest absolute Gasteiger partial charge is 0.185 e. The van der Waals surface area contributed by atoms with Gasteiger partial charge in [0.05, 0.1) is 5.69 Å². The van der Waals surface area contributed by atoms with Crippen molar-refractivity contribution < 1.29 is 0 Å². The van der Waals surface area contributed by atoms with E-state index in [0.29, 0.717) is 0 Å². The van der Waals surface area contributed by atoms with Crippen LogP contribution in [0.4, 0.5) is 5.13 Å². The van der Waals surface area contributed by atoms with E-state index < -0.39 is 0 Å². The van der Waals surface area contributed by atoms with Gasteiger partial charge in [-0.15, -0.1) is 22.7 Å². The topological polar surface area (TPSA) is 28.2 Å². The quantitative estimate of drug-likeness (QED) is 0.874. The number of thiophene rings is 1. The highest BCUT2D eigenvalue weighted by atomic mass is 32.1. The van der Waals surface area contributed by atoms with Gasteiger partial charge in [-0.25, -0.2) is 4.98 Å². The number of nitrogens with zero attached hydrogens (tertiary/aromatic N) is 2. The zero-order chi connectivity index (χ0) is 15.5. The third-order valence-corrected chi connectivity index (χ3v) is 5.44. The maximum absolute atomic E-state index is 4.91. The average molecular weight is 324 g/mol. The van der Waals surface area contributed by atoms with E-state index in [4.69, 9.17) is 4.98 Å². The number of anilines is 1. The van der Waals surface area contributed by atoms with Crippen LogP contribution in [0.1, 0.15) is 36.2 Å². The van der Waals surface area contributed by atoms with Crippen LogP contribution in [-0.2, 0) is 18.4 Å². The van der Waals surface area contributed by atoms with E-state index in [0.717, 1.165) is 24.6 Å². The molecule has 2 aromatic heterocycles. The van der Waals surface area contributed by atoms with Gasteiger partial charge in [0.2, 0.25) is 0 Å². The Morgan fingerprint density at radius 1 is 1.33 bits per heavy atom. The fourth-order valence-electron chi connectivity index (χ4n) is 2.20. The summed E-state index contributed by atoms with van der Waals surface area (Å²) in [5.74, 6) is 0. The highest BCUT2D eigenvalue weighted by molar-refractivity contribution is 7.15. The Morgan fingerprint density at radius 2 is 2.10 bits per heavy atom. The molecule has 5 heteroatoms. The number of likely N-dealkylation sites (N-methyl/N-ethyl adjacent to an activating group) is 1. The van der Waals surface area contributed by atoms with Crippen LogP contribution in [0.5, 0.6) is 0 Å². The van der Waals surface area contributed by atoms with Gasteiger partial charge < -0.3 is 10.2 Å². The summed E-state index contributed by atoms with van der Waals surface area (Å²) in [6.45, 7) is 8.60. The van der Waals surface area contributed by atoms with Gasteiger partial charge >= 0.3 is 0 Å². The number of thiazole rings is 1. The van der Waals surface area contributed by atoms with E-state index in [1.807, 2.05) is 29.7 Å². The summed E-state index contributed by atoms with van der Waals surface area (Å²) < 4.78 is 0. The summed E-state index contributed by atoms with van der Waals surface area (Å²) in [5.41, 5.74) is 1.31. The third-order valence-electron chi connectivity index (χ3n) is 3.33. The van der Waals surface area contributed by atoms with E-state index in [9.17, 15) is 0 Å². The molecule has 0 aromatic carbocycles. The van der Waals surface area contributed by atoms with Crippen LogP contribution in [0.15, 0.2) is 17.5 Å². The molecule has 0 amide bonds. The van der Waals surface area contributed by atoms with Gasteiger partial charge in [-0.1, -0.05) is 26.8 Å². The van der Waals surface area contributed by atoms with Gasteiger partial charge in [0.25, 0.3) is 0 Å². The van der Waals surface area contributed by atoms with Crippen molar-refractivity contribution in [3.05, 3.63) is 33.0 Å². The second-order valence-corrected chi connectivity index (χ2v) is 8.39. The minimum absolute atomic E-state index is 0.0928. The predicted molar refractivity (Wildman–Crippen MR) is 94.9 cm³/mol. The molecular weight excluding hydrogens is 298 g/mol. The van der Waals surface area contributed by atoms with Crippen molar-refractivity contribution in [1.29, 1.82) is 0 Å². The maximum atomic E-state index is 4.91. The van der Waals surface area contributed by atoms with Gasteiger partial charge in [0.15, 0.2) is 5.13 Å². The van der Waals surface area contributed by atoms with Crippen LogP contribution >= 0.6 is 22.7 Å². The minimum Gasteiger partial charge on any atom is -0.351 e. The molecule has 0 aliphatic heterocycles. The molecule has 0 bridgehead atoms. The van der Waals surface area contributed by atoms with Crippen molar-refractivity contribution in [3.8, 4) is 0 Å². The minimum atomic E-state index is 0.0928. The first-order valence-electron chi connectivity index (χ1n) is 7.30. The molecule has 3 nitrogen and oxygen atoms in total. The molecule has 0 unspecified atom stereocenters. The first-order chi connectivity index (χ1) is 9.91. The molecule has 2 heterocycles. The zero-order valence-corrected chi connectivity index (χ0v) is 15.2. The Balaban J connectivity index is 2.11. The van der Waals surface area contributed by atoms with Gasteiger partial charge in [-0.3, -0.25) is 0 Å². The molecule has 0 saturated carbocycles. The van der Waals surface area contributed by atoms with E-state index >= 15 is 0 Å². The summed E-state index contributed by atoms with van der Waals surface area (Å²) in [4.78, 5) is 9.97. The Labute approximate surface area is 136 Å². The molecule has 0 aliphatic carbocycles. The fraction of sp³-hybridized carbons (Fsp3) is 0.562. The highest BCUT2D eigenvalue weighted by Gasteiger charge is 2.23. The second kappa shape index (κ2) is 6.90. The van der Waals surface area contributed by atoms with Crippen LogP contribution in [0.25, 0.3) is 0 Å². The highest BCUT2D eigenvalue weighted by Crippen LogP contribution is 2.33.